The van der Waals surface area contributed by atoms with Crippen LogP contribution in [0, 0.1) is 0 Å². The van der Waals surface area contributed by atoms with Gasteiger partial charge in [0, 0.05) is 17.8 Å². The number of nitrogens with zero attached hydrogens (tertiary/aromatic N) is 2. The van der Waals surface area contributed by atoms with E-state index in [-0.39, 0.29) is 16.6 Å². The molecule has 0 N–H and O–H groups in total. The molecule has 0 bridgehead atoms. The van der Waals surface area contributed by atoms with Crippen molar-refractivity contribution in [1.29, 1.82) is 0 Å². The highest BCUT2D eigenvalue weighted by atomic mass is 32.2. The van der Waals surface area contributed by atoms with Gasteiger partial charge in [0.15, 0.2) is 5.16 Å². The van der Waals surface area contributed by atoms with Crippen LogP contribution >= 0.6 is 23.1 Å². The summed E-state index contributed by atoms with van der Waals surface area (Å²) in [6.07, 6.45) is 5.20. The number of thioether (sulfide) groups is 1. The standard InChI is InChI=1S/C21H20N2O2S2/c1-2-12-23-20(25)19-15(13-18(26-19)14-8-4-3-5-9-14)22-21(23)27-17-11-7-6-10-16(17)24/h2-5,8-9,13,17H,1,6-7,10-12H2. The lowest BCUT2D eigenvalue weighted by atomic mass is 9.99. The van der Waals surface area contributed by atoms with Crippen LogP contribution in [0.1, 0.15) is 25.7 Å². The average molecular weight is 397 g/mol. The Hall–Kier alpha value is -2.18. The third kappa shape index (κ3) is 3.64. The highest BCUT2D eigenvalue weighted by Gasteiger charge is 2.26. The molecule has 1 saturated carbocycles. The molecule has 1 aliphatic carbocycles. The first-order valence-electron chi connectivity index (χ1n) is 9.07. The smallest absolute Gasteiger partial charge is 0.272 e. The first-order valence-corrected chi connectivity index (χ1v) is 10.8. The highest BCUT2D eigenvalue weighted by Crippen LogP contribution is 2.34. The SMILES string of the molecule is C=CCn1c(SC2CCCCC2=O)nc2cc(-c3ccccc3)sc2c1=O. The summed E-state index contributed by atoms with van der Waals surface area (Å²) in [6.45, 7) is 4.16. The van der Waals surface area contributed by atoms with Crippen molar-refractivity contribution in [2.24, 2.45) is 0 Å². The zero-order chi connectivity index (χ0) is 18.8. The van der Waals surface area contributed by atoms with Crippen molar-refractivity contribution in [2.75, 3.05) is 0 Å². The molecule has 0 aliphatic heterocycles. The van der Waals surface area contributed by atoms with Gasteiger partial charge < -0.3 is 0 Å². The van der Waals surface area contributed by atoms with Gasteiger partial charge in [-0.3, -0.25) is 14.2 Å². The van der Waals surface area contributed by atoms with Crippen molar-refractivity contribution >= 4 is 39.1 Å². The molecule has 138 valence electrons. The number of thiophene rings is 1. The number of hydrogen-bond acceptors (Lipinski definition) is 5. The van der Waals surface area contributed by atoms with Crippen LogP contribution < -0.4 is 5.56 Å². The highest BCUT2D eigenvalue weighted by molar-refractivity contribution is 8.00. The van der Waals surface area contributed by atoms with Crippen molar-refractivity contribution in [3.63, 3.8) is 0 Å². The van der Waals surface area contributed by atoms with Crippen molar-refractivity contribution in [3.05, 3.63) is 59.4 Å². The number of fused-ring (bicyclic) bond motifs is 1. The molecule has 0 amide bonds. The lowest BCUT2D eigenvalue weighted by Gasteiger charge is -2.20. The molecule has 4 rings (SSSR count). The largest absolute Gasteiger partial charge is 0.298 e. The second kappa shape index (κ2) is 7.82. The second-order valence-corrected chi connectivity index (χ2v) is 8.83. The van der Waals surface area contributed by atoms with E-state index in [2.05, 4.69) is 6.58 Å². The minimum absolute atomic E-state index is 0.0576. The van der Waals surface area contributed by atoms with Crippen molar-refractivity contribution in [1.82, 2.24) is 9.55 Å². The summed E-state index contributed by atoms with van der Waals surface area (Å²) in [7, 11) is 0. The van der Waals surface area contributed by atoms with E-state index in [1.165, 1.54) is 23.1 Å². The summed E-state index contributed by atoms with van der Waals surface area (Å²) in [4.78, 5) is 31.1. The van der Waals surface area contributed by atoms with Crippen molar-refractivity contribution in [2.45, 2.75) is 42.6 Å². The molecule has 1 aromatic carbocycles. The van der Waals surface area contributed by atoms with Gasteiger partial charge in [0.25, 0.3) is 5.56 Å². The lowest BCUT2D eigenvalue weighted by molar-refractivity contribution is -0.119. The monoisotopic (exact) mass is 396 g/mol. The quantitative estimate of drug-likeness (QED) is 0.454. The summed E-state index contributed by atoms with van der Waals surface area (Å²) in [6, 6.07) is 12.0. The number of allylic oxidation sites excluding steroid dienone is 1. The van der Waals surface area contributed by atoms with E-state index in [1.54, 1.807) is 10.6 Å². The van der Waals surface area contributed by atoms with Gasteiger partial charge in [-0.25, -0.2) is 4.98 Å². The minimum Gasteiger partial charge on any atom is -0.298 e. The fourth-order valence-electron chi connectivity index (χ4n) is 3.32. The Morgan fingerprint density at radius 3 is 2.81 bits per heavy atom. The van der Waals surface area contributed by atoms with E-state index in [4.69, 9.17) is 4.98 Å². The van der Waals surface area contributed by atoms with E-state index in [1.807, 2.05) is 36.4 Å². The maximum atomic E-state index is 13.1. The summed E-state index contributed by atoms with van der Waals surface area (Å²) >= 11 is 2.90. The molecule has 1 fully saturated rings. The fourth-order valence-corrected chi connectivity index (χ4v) is 5.59. The maximum Gasteiger partial charge on any atom is 0.272 e. The Kier molecular flexibility index (Phi) is 5.27. The first kappa shape index (κ1) is 18.2. The summed E-state index contributed by atoms with van der Waals surface area (Å²) in [5.41, 5.74) is 1.72. The van der Waals surface area contributed by atoms with Gasteiger partial charge in [0.05, 0.1) is 10.8 Å². The molecule has 0 saturated heterocycles. The summed E-state index contributed by atoms with van der Waals surface area (Å²) in [5, 5.41) is 0.511. The van der Waals surface area contributed by atoms with Crippen LogP contribution in [-0.4, -0.2) is 20.6 Å². The van der Waals surface area contributed by atoms with Crippen molar-refractivity contribution < 1.29 is 4.79 Å². The number of carbonyl (C=O) groups excluding carboxylic acids is 1. The minimum atomic E-state index is -0.105. The van der Waals surface area contributed by atoms with E-state index < -0.39 is 0 Å². The Bertz CT molecular complexity index is 1050. The summed E-state index contributed by atoms with van der Waals surface area (Å²) < 4.78 is 2.29. The molecule has 3 aromatic rings. The molecule has 1 aliphatic rings. The van der Waals surface area contributed by atoms with E-state index in [9.17, 15) is 9.59 Å². The van der Waals surface area contributed by atoms with E-state index in [0.717, 1.165) is 29.7 Å². The van der Waals surface area contributed by atoms with Gasteiger partial charge in [-0.05, 0) is 24.5 Å². The molecule has 4 nitrogen and oxygen atoms in total. The number of benzene rings is 1. The number of rotatable bonds is 5. The molecule has 2 aromatic heterocycles. The molecule has 6 heteroatoms. The van der Waals surface area contributed by atoms with Gasteiger partial charge >= 0.3 is 0 Å². The summed E-state index contributed by atoms with van der Waals surface area (Å²) in [5.74, 6) is 0.265. The third-order valence-corrected chi connectivity index (χ3v) is 7.18. The molecule has 2 heterocycles. The van der Waals surface area contributed by atoms with Gasteiger partial charge in [-0.2, -0.15) is 0 Å². The Morgan fingerprint density at radius 1 is 1.26 bits per heavy atom. The van der Waals surface area contributed by atoms with Crippen LogP contribution in [0.25, 0.3) is 20.7 Å². The number of Topliss-reactive ketones (excluding diaryl/α,β-unsaturated/α-hetero) is 1. The van der Waals surface area contributed by atoms with Gasteiger partial charge in [0.1, 0.15) is 10.5 Å². The molecular weight excluding hydrogens is 376 g/mol. The van der Waals surface area contributed by atoms with Gasteiger partial charge in [-0.1, -0.05) is 54.6 Å². The van der Waals surface area contributed by atoms with Crippen LogP contribution in [0.15, 0.2) is 59.0 Å². The Morgan fingerprint density at radius 2 is 2.07 bits per heavy atom. The van der Waals surface area contributed by atoms with Gasteiger partial charge in [0.2, 0.25) is 0 Å². The Balaban J connectivity index is 1.80. The molecule has 0 radical (unpaired) electrons. The topological polar surface area (TPSA) is 52.0 Å². The molecule has 0 spiro atoms. The van der Waals surface area contributed by atoms with E-state index in [0.29, 0.717) is 28.3 Å². The fraction of sp³-hybridized carbons (Fsp3) is 0.286. The molecular formula is C21H20N2O2S2. The van der Waals surface area contributed by atoms with Crippen LogP contribution in [0.5, 0.6) is 0 Å². The Labute approximate surface area is 165 Å². The third-order valence-electron chi connectivity index (χ3n) is 4.72. The van der Waals surface area contributed by atoms with Gasteiger partial charge in [-0.15, -0.1) is 17.9 Å². The zero-order valence-electron chi connectivity index (χ0n) is 14.9. The number of carbonyl (C=O) groups is 1. The van der Waals surface area contributed by atoms with Crippen LogP contribution in [-0.2, 0) is 11.3 Å². The molecule has 27 heavy (non-hydrogen) atoms. The number of aromatic nitrogens is 2. The molecule has 1 atom stereocenters. The molecule has 1 unspecified atom stereocenters. The number of ketones is 1. The van der Waals surface area contributed by atoms with Crippen molar-refractivity contribution in [3.8, 4) is 10.4 Å². The first-order chi connectivity index (χ1) is 13.2. The maximum absolute atomic E-state index is 13.1. The normalized spacial score (nSPS) is 17.3. The van der Waals surface area contributed by atoms with E-state index >= 15 is 0 Å². The number of hydrogen-bond donors (Lipinski definition) is 0. The average Bonchev–Trinajstić information content (AvgIpc) is 3.12. The predicted molar refractivity (Wildman–Crippen MR) is 113 cm³/mol. The predicted octanol–water partition coefficient (Wildman–Crippen LogP) is 4.91. The van der Waals surface area contributed by atoms with Crippen LogP contribution in [0.4, 0.5) is 0 Å². The van der Waals surface area contributed by atoms with Crippen LogP contribution in [0.2, 0.25) is 0 Å². The lowest BCUT2D eigenvalue weighted by Crippen LogP contribution is -2.26. The van der Waals surface area contributed by atoms with Crippen LogP contribution in [0.3, 0.4) is 0 Å². The second-order valence-electron chi connectivity index (χ2n) is 6.61. The zero-order valence-corrected chi connectivity index (χ0v) is 16.5.